The lowest BCUT2D eigenvalue weighted by molar-refractivity contribution is 0.165. The Bertz CT molecular complexity index is 721. The number of ether oxygens (including phenoxy) is 1. The Balaban J connectivity index is 1.71. The summed E-state index contributed by atoms with van der Waals surface area (Å²) in [4.78, 5) is 2.97. The molecule has 1 aliphatic heterocycles. The maximum atomic E-state index is 12.8. The van der Waals surface area contributed by atoms with Gasteiger partial charge in [-0.15, -0.1) is 0 Å². The van der Waals surface area contributed by atoms with Crippen LogP contribution in [0.1, 0.15) is 25.3 Å². The quantitative estimate of drug-likeness (QED) is 0.756. The molecule has 0 aliphatic carbocycles. The smallest absolute Gasteiger partial charge is 0.148 e. The number of hydrogen-bond donors (Lipinski definition) is 0. The van der Waals surface area contributed by atoms with Crippen molar-refractivity contribution in [3.05, 3.63) is 70.8 Å². The number of hydrogen-bond acceptors (Lipinski definition) is 3. The summed E-state index contributed by atoms with van der Waals surface area (Å²) in [6.07, 6.45) is 1.70. The fourth-order valence-corrected chi connectivity index (χ4v) is 4.83. The van der Waals surface area contributed by atoms with Crippen molar-refractivity contribution in [1.82, 2.24) is 0 Å². The van der Waals surface area contributed by atoms with Gasteiger partial charge >= 0.3 is 0 Å². The van der Waals surface area contributed by atoms with Crippen LogP contribution >= 0.6 is 11.8 Å². The zero-order chi connectivity index (χ0) is 16.2. The molecule has 3 rings (SSSR count). The highest BCUT2D eigenvalue weighted by molar-refractivity contribution is 7.99. The Morgan fingerprint density at radius 2 is 1.74 bits per heavy atom. The number of benzene rings is 2. The van der Waals surface area contributed by atoms with Crippen LogP contribution < -0.4 is 0 Å². The molecule has 0 aromatic heterocycles. The van der Waals surface area contributed by atoms with Crippen molar-refractivity contribution < 1.29 is 8.95 Å². The first-order valence-corrected chi connectivity index (χ1v) is 9.73. The molecule has 4 heteroatoms. The molecule has 2 nitrogen and oxygen atoms in total. The van der Waals surface area contributed by atoms with E-state index in [1.165, 1.54) is 10.5 Å². The minimum atomic E-state index is -1.12. The largest absolute Gasteiger partial charge is 0.483 e. The van der Waals surface area contributed by atoms with Gasteiger partial charge in [0.15, 0.2) is 0 Å². The minimum absolute atomic E-state index is 0.0937. The van der Waals surface area contributed by atoms with E-state index in [0.717, 1.165) is 28.4 Å². The van der Waals surface area contributed by atoms with E-state index in [1.54, 1.807) is 11.8 Å². The molecule has 2 aromatic rings. The molecule has 0 fully saturated rings. The van der Waals surface area contributed by atoms with Gasteiger partial charge in [-0.1, -0.05) is 47.7 Å². The summed E-state index contributed by atoms with van der Waals surface area (Å²) in [5.74, 6) is 0.809. The lowest BCUT2D eigenvalue weighted by Gasteiger charge is -2.26. The molecule has 0 spiro atoms. The second kappa shape index (κ2) is 7.37. The van der Waals surface area contributed by atoms with Crippen molar-refractivity contribution in [3.63, 3.8) is 0 Å². The van der Waals surface area contributed by atoms with Gasteiger partial charge in [-0.05, 0) is 51.0 Å². The normalized spacial score (nSPS) is 19.3. The Kier molecular flexibility index (Phi) is 5.23. The predicted molar refractivity (Wildman–Crippen MR) is 96.7 cm³/mol. The van der Waals surface area contributed by atoms with E-state index in [-0.39, 0.29) is 5.44 Å². The number of thioether (sulfide) groups is 1. The van der Waals surface area contributed by atoms with Crippen LogP contribution in [0.15, 0.2) is 75.1 Å². The molecule has 0 N–H and O–H groups in total. The van der Waals surface area contributed by atoms with Crippen molar-refractivity contribution in [2.45, 2.75) is 41.9 Å². The Morgan fingerprint density at radius 3 is 2.39 bits per heavy atom. The first-order valence-electron chi connectivity index (χ1n) is 7.70. The van der Waals surface area contributed by atoms with Crippen LogP contribution in [-0.4, -0.2) is 9.64 Å². The van der Waals surface area contributed by atoms with Gasteiger partial charge in [0.25, 0.3) is 0 Å². The van der Waals surface area contributed by atoms with Gasteiger partial charge < -0.3 is 4.74 Å². The van der Waals surface area contributed by atoms with Crippen LogP contribution in [0.2, 0.25) is 0 Å². The van der Waals surface area contributed by atoms with Gasteiger partial charge in [-0.25, -0.2) is 4.21 Å². The molecule has 0 radical (unpaired) electrons. The van der Waals surface area contributed by atoms with Gasteiger partial charge in [0.2, 0.25) is 0 Å². The lowest BCUT2D eigenvalue weighted by atomic mass is 10.2. The Labute approximate surface area is 144 Å². The third kappa shape index (κ3) is 4.06. The first kappa shape index (κ1) is 16.3. The zero-order valence-corrected chi connectivity index (χ0v) is 15.0. The average molecular weight is 345 g/mol. The fraction of sp³-hybridized carbons (Fsp3) is 0.263. The van der Waals surface area contributed by atoms with Crippen LogP contribution in [0.25, 0.3) is 0 Å². The standard InChI is InChI=1S/C19H20O2S2/c1-14-8-10-17(11-9-14)23(20)18-12-13-19(21-15(18)2)22-16-6-4-3-5-7-16/h3-11,19H,12-13H2,1-2H3. The lowest BCUT2D eigenvalue weighted by Crippen LogP contribution is -2.16. The summed E-state index contributed by atoms with van der Waals surface area (Å²) in [5, 5.41) is 0. The van der Waals surface area contributed by atoms with Gasteiger partial charge in [0, 0.05) is 9.79 Å². The van der Waals surface area contributed by atoms with Gasteiger partial charge in [0.05, 0.1) is 15.7 Å². The topological polar surface area (TPSA) is 26.3 Å². The van der Waals surface area contributed by atoms with E-state index in [2.05, 4.69) is 12.1 Å². The van der Waals surface area contributed by atoms with E-state index >= 15 is 0 Å². The third-order valence-corrected chi connectivity index (χ3v) is 6.56. The molecule has 2 aromatic carbocycles. The molecule has 1 heterocycles. The van der Waals surface area contributed by atoms with Crippen LogP contribution in [0.4, 0.5) is 0 Å². The van der Waals surface area contributed by atoms with E-state index < -0.39 is 10.8 Å². The van der Waals surface area contributed by atoms with Crippen LogP contribution in [0.5, 0.6) is 0 Å². The number of rotatable bonds is 4. The molecule has 2 atom stereocenters. The Morgan fingerprint density at radius 1 is 1.04 bits per heavy atom. The minimum Gasteiger partial charge on any atom is -0.483 e. The third-order valence-electron chi connectivity index (χ3n) is 3.78. The molecular formula is C19H20O2S2. The van der Waals surface area contributed by atoms with Crippen molar-refractivity contribution in [2.24, 2.45) is 0 Å². The second-order valence-electron chi connectivity index (χ2n) is 5.58. The highest BCUT2D eigenvalue weighted by Crippen LogP contribution is 2.36. The molecule has 1 aliphatic rings. The summed E-state index contributed by atoms with van der Waals surface area (Å²) in [6, 6.07) is 18.1. The summed E-state index contributed by atoms with van der Waals surface area (Å²) in [7, 11) is -1.12. The maximum Gasteiger partial charge on any atom is 0.148 e. The maximum absolute atomic E-state index is 12.8. The summed E-state index contributed by atoms with van der Waals surface area (Å²) >= 11 is 1.72. The van der Waals surface area contributed by atoms with Crippen LogP contribution in [-0.2, 0) is 15.5 Å². The number of aryl methyl sites for hydroxylation is 1. The van der Waals surface area contributed by atoms with E-state index in [1.807, 2.05) is 56.3 Å². The average Bonchev–Trinajstić information content (AvgIpc) is 2.56. The number of allylic oxidation sites excluding steroid dienone is 2. The van der Waals surface area contributed by atoms with Crippen molar-refractivity contribution >= 4 is 22.6 Å². The van der Waals surface area contributed by atoms with E-state index in [4.69, 9.17) is 4.74 Å². The molecule has 23 heavy (non-hydrogen) atoms. The molecule has 120 valence electrons. The monoisotopic (exact) mass is 344 g/mol. The summed E-state index contributed by atoms with van der Waals surface area (Å²) in [6.45, 7) is 3.96. The van der Waals surface area contributed by atoms with Gasteiger partial charge in [-0.3, -0.25) is 0 Å². The molecule has 0 amide bonds. The first-order chi connectivity index (χ1) is 11.1. The SMILES string of the molecule is CC1=C(S(=O)c2ccc(C)cc2)CCC(Sc2ccccc2)O1. The molecular weight excluding hydrogens is 324 g/mol. The zero-order valence-electron chi connectivity index (χ0n) is 13.3. The van der Waals surface area contributed by atoms with E-state index in [9.17, 15) is 4.21 Å². The summed E-state index contributed by atoms with van der Waals surface area (Å²) in [5.41, 5.74) is 1.27. The summed E-state index contributed by atoms with van der Waals surface area (Å²) < 4.78 is 18.8. The van der Waals surface area contributed by atoms with Crippen LogP contribution in [0.3, 0.4) is 0 Å². The highest BCUT2D eigenvalue weighted by Gasteiger charge is 2.24. The van der Waals surface area contributed by atoms with Crippen LogP contribution in [0, 0.1) is 6.92 Å². The van der Waals surface area contributed by atoms with Gasteiger partial charge in [-0.2, -0.15) is 0 Å². The van der Waals surface area contributed by atoms with Crippen molar-refractivity contribution in [3.8, 4) is 0 Å². The second-order valence-corrected chi connectivity index (χ2v) is 8.31. The molecule has 2 unspecified atom stereocenters. The Hall–Kier alpha value is -1.52. The molecule has 0 saturated carbocycles. The van der Waals surface area contributed by atoms with Crippen molar-refractivity contribution in [1.29, 1.82) is 0 Å². The van der Waals surface area contributed by atoms with Gasteiger partial charge in [0.1, 0.15) is 11.2 Å². The molecule has 0 saturated heterocycles. The fourth-order valence-electron chi connectivity index (χ4n) is 2.51. The highest BCUT2D eigenvalue weighted by atomic mass is 32.2. The van der Waals surface area contributed by atoms with E-state index in [0.29, 0.717) is 0 Å². The van der Waals surface area contributed by atoms with Crippen molar-refractivity contribution in [2.75, 3.05) is 0 Å². The molecule has 0 bridgehead atoms. The predicted octanol–water partition coefficient (Wildman–Crippen LogP) is 5.26.